The van der Waals surface area contributed by atoms with Crippen LogP contribution in [-0.4, -0.2) is 85.9 Å². The van der Waals surface area contributed by atoms with E-state index in [0.29, 0.717) is 22.6 Å². The second-order valence-corrected chi connectivity index (χ2v) is 10.6. The average Bonchev–Trinajstić information content (AvgIpc) is 3.44. The molecule has 0 radical (unpaired) electrons. The Hall–Kier alpha value is -3.76. The normalized spacial score (nSPS) is 16.6. The number of halogens is 1. The Labute approximate surface area is 239 Å². The predicted octanol–water partition coefficient (Wildman–Crippen LogP) is 3.98. The van der Waals surface area contributed by atoms with E-state index < -0.39 is 0 Å². The molecule has 1 N–H and O–H groups in total. The average molecular weight is 563 g/mol. The van der Waals surface area contributed by atoms with Crippen molar-refractivity contribution in [1.29, 1.82) is 0 Å². The summed E-state index contributed by atoms with van der Waals surface area (Å²) in [5, 5.41) is 3.89. The van der Waals surface area contributed by atoms with Gasteiger partial charge in [0.15, 0.2) is 0 Å². The minimum atomic E-state index is 0.517. The number of aromatic nitrogens is 4. The molecule has 0 saturated carbocycles. The summed E-state index contributed by atoms with van der Waals surface area (Å²) in [5.41, 5.74) is 4.71. The lowest BCUT2D eigenvalue weighted by molar-refractivity contribution is 0.395. The first-order chi connectivity index (χ1) is 19.6. The van der Waals surface area contributed by atoms with Crippen molar-refractivity contribution in [2.24, 2.45) is 0 Å². The zero-order chi connectivity index (χ0) is 27.6. The molecule has 4 aromatic rings. The molecule has 10 nitrogen and oxygen atoms in total. The molecule has 40 heavy (non-hydrogen) atoms. The van der Waals surface area contributed by atoms with Crippen LogP contribution in [0.1, 0.15) is 12.8 Å². The van der Waals surface area contributed by atoms with Crippen LogP contribution >= 0.6 is 11.6 Å². The summed E-state index contributed by atoms with van der Waals surface area (Å²) in [6.07, 6.45) is 10.2. The number of piperidine rings is 1. The molecule has 6 rings (SSSR count). The van der Waals surface area contributed by atoms with Gasteiger partial charge >= 0.3 is 0 Å². The van der Waals surface area contributed by atoms with Crippen molar-refractivity contribution in [2.75, 3.05) is 75.2 Å². The number of benzene rings is 1. The minimum Gasteiger partial charge on any atom is -0.496 e. The van der Waals surface area contributed by atoms with E-state index >= 15 is 0 Å². The number of hydrogen-bond donors (Lipinski definition) is 1. The lowest BCUT2D eigenvalue weighted by atomic mass is 10.1. The molecule has 5 heterocycles. The van der Waals surface area contributed by atoms with Gasteiger partial charge in [-0.1, -0.05) is 11.6 Å². The maximum absolute atomic E-state index is 6.41. The fourth-order valence-electron chi connectivity index (χ4n) is 5.59. The van der Waals surface area contributed by atoms with Gasteiger partial charge in [0.2, 0.25) is 5.95 Å². The van der Waals surface area contributed by atoms with Crippen molar-refractivity contribution in [3.8, 4) is 22.8 Å². The van der Waals surface area contributed by atoms with E-state index in [1.807, 2.05) is 36.1 Å². The molecule has 0 unspecified atom stereocenters. The van der Waals surface area contributed by atoms with Crippen LogP contribution in [0.5, 0.6) is 11.5 Å². The van der Waals surface area contributed by atoms with Crippen LogP contribution in [0.15, 0.2) is 49.1 Å². The Morgan fingerprint density at radius 2 is 1.52 bits per heavy atom. The highest BCUT2D eigenvalue weighted by molar-refractivity contribution is 6.32. The number of fused-ring (bicyclic) bond motifs is 1. The summed E-state index contributed by atoms with van der Waals surface area (Å²) < 4.78 is 12.9. The largest absolute Gasteiger partial charge is 0.496 e. The maximum atomic E-state index is 6.41. The molecule has 2 aliphatic heterocycles. The van der Waals surface area contributed by atoms with Crippen molar-refractivity contribution in [1.82, 2.24) is 24.7 Å². The standard InChI is InChI=1S/C29H35ClN8O2/c1-31-20-4-7-37(8-5-20)29-32-17-22(18-33-29)36-12-10-35(11-13-36)21-6-9-38-19-25(34-28(38)14-21)23-15-24(30)27(40-3)16-26(23)39-2/h6,9,14-20,31H,4-5,7-8,10-13H2,1-3H3. The highest BCUT2D eigenvalue weighted by Gasteiger charge is 2.22. The third-order valence-electron chi connectivity index (χ3n) is 8.01. The molecule has 0 amide bonds. The van der Waals surface area contributed by atoms with Gasteiger partial charge in [-0.3, -0.25) is 0 Å². The van der Waals surface area contributed by atoms with Crippen LogP contribution in [0.3, 0.4) is 0 Å². The molecule has 0 aliphatic carbocycles. The predicted molar refractivity (Wildman–Crippen MR) is 159 cm³/mol. The maximum Gasteiger partial charge on any atom is 0.225 e. The number of methoxy groups -OCH3 is 2. The highest BCUT2D eigenvalue weighted by Crippen LogP contribution is 2.38. The van der Waals surface area contributed by atoms with Gasteiger partial charge in [-0.2, -0.15) is 0 Å². The second kappa shape index (κ2) is 11.4. The molecule has 2 aliphatic rings. The summed E-state index contributed by atoms with van der Waals surface area (Å²) in [6.45, 7) is 5.61. The molecular weight excluding hydrogens is 528 g/mol. The van der Waals surface area contributed by atoms with Crippen LogP contribution < -0.4 is 29.5 Å². The number of rotatable bonds is 7. The van der Waals surface area contributed by atoms with Crippen molar-refractivity contribution < 1.29 is 9.47 Å². The molecule has 1 aromatic carbocycles. The first-order valence-corrected chi connectivity index (χ1v) is 14.1. The van der Waals surface area contributed by atoms with Crippen molar-refractivity contribution >= 4 is 34.6 Å². The van der Waals surface area contributed by atoms with Crippen molar-refractivity contribution in [3.63, 3.8) is 0 Å². The second-order valence-electron chi connectivity index (χ2n) is 10.2. The van der Waals surface area contributed by atoms with E-state index in [0.717, 1.165) is 86.3 Å². The molecule has 0 bridgehead atoms. The number of nitrogens with zero attached hydrogens (tertiary/aromatic N) is 7. The number of nitrogens with one attached hydrogen (secondary N) is 1. The van der Waals surface area contributed by atoms with Gasteiger partial charge in [0, 0.05) is 81.1 Å². The first-order valence-electron chi connectivity index (χ1n) is 13.7. The lowest BCUT2D eigenvalue weighted by Gasteiger charge is -2.37. The van der Waals surface area contributed by atoms with Gasteiger partial charge < -0.3 is 33.9 Å². The fraction of sp³-hybridized carbons (Fsp3) is 0.414. The molecule has 2 fully saturated rings. The molecule has 0 atom stereocenters. The molecular formula is C29H35ClN8O2. The molecule has 2 saturated heterocycles. The van der Waals surface area contributed by atoms with Crippen molar-refractivity contribution in [2.45, 2.75) is 18.9 Å². The van der Waals surface area contributed by atoms with E-state index in [2.05, 4.69) is 38.3 Å². The van der Waals surface area contributed by atoms with E-state index in [9.17, 15) is 0 Å². The van der Waals surface area contributed by atoms with Crippen LogP contribution in [0.2, 0.25) is 5.02 Å². The third-order valence-corrected chi connectivity index (χ3v) is 8.31. The highest BCUT2D eigenvalue weighted by atomic mass is 35.5. The Morgan fingerprint density at radius 3 is 2.17 bits per heavy atom. The van der Waals surface area contributed by atoms with E-state index in [4.69, 9.17) is 36.0 Å². The third kappa shape index (κ3) is 5.21. The van der Waals surface area contributed by atoms with Gasteiger partial charge in [-0.25, -0.2) is 15.0 Å². The molecule has 3 aromatic heterocycles. The van der Waals surface area contributed by atoms with Crippen LogP contribution in [0.25, 0.3) is 16.9 Å². The van der Waals surface area contributed by atoms with Crippen molar-refractivity contribution in [3.05, 3.63) is 54.1 Å². The molecule has 210 valence electrons. The number of ether oxygens (including phenoxy) is 2. The number of anilines is 3. The summed E-state index contributed by atoms with van der Waals surface area (Å²) in [6, 6.07) is 8.49. The number of imidazole rings is 1. The smallest absolute Gasteiger partial charge is 0.225 e. The molecule has 0 spiro atoms. The van der Waals surface area contributed by atoms with Gasteiger partial charge in [0.05, 0.1) is 43.0 Å². The topological polar surface area (TPSA) is 83.3 Å². The van der Waals surface area contributed by atoms with Gasteiger partial charge in [0.1, 0.15) is 17.1 Å². The fourth-order valence-corrected chi connectivity index (χ4v) is 5.83. The minimum absolute atomic E-state index is 0.517. The number of piperazine rings is 1. The number of pyridine rings is 1. The van der Waals surface area contributed by atoms with Gasteiger partial charge in [0.25, 0.3) is 0 Å². The Bertz CT molecular complexity index is 1460. The zero-order valence-corrected chi connectivity index (χ0v) is 23.9. The van der Waals surface area contributed by atoms with Gasteiger partial charge in [-0.05, 0) is 32.0 Å². The Morgan fingerprint density at radius 1 is 0.850 bits per heavy atom. The Balaban J connectivity index is 1.12. The van der Waals surface area contributed by atoms with Crippen LogP contribution in [0, 0.1) is 0 Å². The summed E-state index contributed by atoms with van der Waals surface area (Å²) in [4.78, 5) is 21.3. The van der Waals surface area contributed by atoms with E-state index in [1.54, 1.807) is 20.3 Å². The lowest BCUT2D eigenvalue weighted by Crippen LogP contribution is -2.46. The Kier molecular flexibility index (Phi) is 7.53. The van der Waals surface area contributed by atoms with E-state index in [1.165, 1.54) is 0 Å². The zero-order valence-electron chi connectivity index (χ0n) is 23.2. The summed E-state index contributed by atoms with van der Waals surface area (Å²) in [5.74, 6) is 2.06. The quantitative estimate of drug-likeness (QED) is 0.359. The summed E-state index contributed by atoms with van der Waals surface area (Å²) in [7, 11) is 5.26. The SMILES string of the molecule is CNC1CCN(c2ncc(N3CCN(c4ccn5cc(-c6cc(Cl)c(OC)cc6OC)nc5c4)CC3)cn2)CC1. The monoisotopic (exact) mass is 562 g/mol. The number of hydrogen-bond acceptors (Lipinski definition) is 9. The van der Waals surface area contributed by atoms with Crippen LogP contribution in [0.4, 0.5) is 17.3 Å². The molecule has 11 heteroatoms. The first kappa shape index (κ1) is 26.5. The summed E-state index contributed by atoms with van der Waals surface area (Å²) >= 11 is 6.41. The van der Waals surface area contributed by atoms with Gasteiger partial charge in [-0.15, -0.1) is 0 Å². The van der Waals surface area contributed by atoms with Crippen LogP contribution in [-0.2, 0) is 0 Å². The van der Waals surface area contributed by atoms with E-state index in [-0.39, 0.29) is 0 Å².